The molecule has 0 heterocycles. The minimum Gasteiger partial charge on any atom is -0.387 e. The van der Waals surface area contributed by atoms with Crippen LogP contribution in [0.15, 0.2) is 36.4 Å². The molecule has 3 N–H and O–H groups in total. The van der Waals surface area contributed by atoms with Gasteiger partial charge in [-0.2, -0.15) is 0 Å². The Morgan fingerprint density at radius 3 is 2.54 bits per heavy atom. The number of carbonyl (C=O) groups excluding carboxylic acids is 1. The van der Waals surface area contributed by atoms with E-state index in [1.54, 1.807) is 18.2 Å². The molecule has 0 bridgehead atoms. The van der Waals surface area contributed by atoms with E-state index in [0.717, 1.165) is 17.7 Å². The van der Waals surface area contributed by atoms with Gasteiger partial charge in [0.05, 0.1) is 6.10 Å². The second-order valence-electron chi connectivity index (χ2n) is 5.22. The van der Waals surface area contributed by atoms with Crippen LogP contribution >= 0.6 is 0 Å². The molecule has 6 heteroatoms. The van der Waals surface area contributed by atoms with Gasteiger partial charge in [0.1, 0.15) is 5.69 Å². The van der Waals surface area contributed by atoms with Gasteiger partial charge in [-0.1, -0.05) is 35.7 Å². The van der Waals surface area contributed by atoms with Gasteiger partial charge in [-0.3, -0.25) is 0 Å². The normalized spacial score (nSPS) is 11.5. The van der Waals surface area contributed by atoms with Crippen LogP contribution < -0.4 is 10.6 Å². The third-order valence-electron chi connectivity index (χ3n) is 3.33. The third kappa shape index (κ3) is 4.31. The van der Waals surface area contributed by atoms with Crippen LogP contribution in [0.1, 0.15) is 22.8 Å². The number of nitrogens with one attached hydrogen (secondary N) is 2. The van der Waals surface area contributed by atoms with Crippen LogP contribution in [0, 0.1) is 30.9 Å². The number of aryl methyl sites for hydroxylation is 1. The number of hydrogen-bond donors (Lipinski definition) is 3. The molecule has 2 amide bonds. The van der Waals surface area contributed by atoms with Crippen molar-refractivity contribution in [3.05, 3.63) is 64.7 Å². The summed E-state index contributed by atoms with van der Waals surface area (Å²) in [5.41, 5.74) is 1.03. The smallest absolute Gasteiger partial charge is 0.319 e. The van der Waals surface area contributed by atoms with Crippen molar-refractivity contribution < 1.29 is 18.7 Å². The largest absolute Gasteiger partial charge is 0.387 e. The number of aliphatic hydroxyl groups is 1. The lowest BCUT2D eigenvalue weighted by Gasteiger charge is -2.14. The van der Waals surface area contributed by atoms with E-state index in [-0.39, 0.29) is 12.1 Å². The summed E-state index contributed by atoms with van der Waals surface area (Å²) >= 11 is 0. The van der Waals surface area contributed by atoms with Gasteiger partial charge in [0.15, 0.2) is 11.6 Å². The number of rotatable bonds is 4. The SMILES string of the molecule is C#Cc1cc(F)c(NC(=O)NCC(O)c2cccc(C)c2)c(F)c1. The van der Waals surface area contributed by atoms with Gasteiger partial charge in [0, 0.05) is 12.1 Å². The average molecular weight is 330 g/mol. The minimum absolute atomic E-state index is 0.0332. The Hall–Kier alpha value is -2.91. The summed E-state index contributed by atoms with van der Waals surface area (Å²) in [5.74, 6) is 0.161. The quantitative estimate of drug-likeness (QED) is 0.755. The van der Waals surface area contributed by atoms with Crippen molar-refractivity contribution in [2.75, 3.05) is 11.9 Å². The molecule has 0 radical (unpaired) electrons. The van der Waals surface area contributed by atoms with Crippen LogP contribution in [-0.2, 0) is 0 Å². The third-order valence-corrected chi connectivity index (χ3v) is 3.33. The molecule has 0 aliphatic rings. The van der Waals surface area contributed by atoms with Gasteiger partial charge >= 0.3 is 6.03 Å². The summed E-state index contributed by atoms with van der Waals surface area (Å²) in [6.07, 6.45) is 4.14. The second-order valence-corrected chi connectivity index (χ2v) is 5.22. The lowest BCUT2D eigenvalue weighted by molar-refractivity contribution is 0.175. The number of amides is 2. The average Bonchev–Trinajstić information content (AvgIpc) is 2.55. The van der Waals surface area contributed by atoms with Crippen LogP contribution in [0.3, 0.4) is 0 Å². The summed E-state index contributed by atoms with van der Waals surface area (Å²) in [6, 6.07) is 8.21. The highest BCUT2D eigenvalue weighted by Gasteiger charge is 2.15. The van der Waals surface area contributed by atoms with E-state index >= 15 is 0 Å². The highest BCUT2D eigenvalue weighted by Crippen LogP contribution is 2.20. The van der Waals surface area contributed by atoms with Crippen LogP contribution in [0.5, 0.6) is 0 Å². The van der Waals surface area contributed by atoms with Crippen molar-refractivity contribution in [2.24, 2.45) is 0 Å². The van der Waals surface area contributed by atoms with Crippen LogP contribution in [0.4, 0.5) is 19.3 Å². The molecule has 1 unspecified atom stereocenters. The Morgan fingerprint density at radius 2 is 1.96 bits per heavy atom. The highest BCUT2D eigenvalue weighted by molar-refractivity contribution is 5.89. The fraction of sp³-hybridized carbons (Fsp3) is 0.167. The summed E-state index contributed by atoms with van der Waals surface area (Å²) in [6.45, 7) is 1.77. The van der Waals surface area contributed by atoms with Crippen LogP contribution in [0.2, 0.25) is 0 Å². The topological polar surface area (TPSA) is 61.4 Å². The maximum absolute atomic E-state index is 13.7. The lowest BCUT2D eigenvalue weighted by Crippen LogP contribution is -2.33. The van der Waals surface area contributed by atoms with Crippen molar-refractivity contribution in [1.29, 1.82) is 0 Å². The molecule has 24 heavy (non-hydrogen) atoms. The number of anilines is 1. The van der Waals surface area contributed by atoms with E-state index in [1.807, 2.05) is 13.0 Å². The van der Waals surface area contributed by atoms with Gasteiger partial charge < -0.3 is 15.7 Å². The van der Waals surface area contributed by atoms with E-state index < -0.39 is 29.5 Å². The maximum atomic E-state index is 13.7. The Labute approximate surface area is 138 Å². The molecule has 0 spiro atoms. The number of aliphatic hydroxyl groups excluding tert-OH is 1. The van der Waals surface area contributed by atoms with Gasteiger partial charge in [0.2, 0.25) is 0 Å². The fourth-order valence-electron chi connectivity index (χ4n) is 2.12. The van der Waals surface area contributed by atoms with Crippen molar-refractivity contribution in [3.63, 3.8) is 0 Å². The molecule has 0 aliphatic carbocycles. The minimum atomic E-state index is -0.975. The van der Waals surface area contributed by atoms with Gasteiger partial charge in [-0.15, -0.1) is 6.42 Å². The highest BCUT2D eigenvalue weighted by atomic mass is 19.1. The molecule has 0 aromatic heterocycles. The fourth-order valence-corrected chi connectivity index (χ4v) is 2.12. The van der Waals surface area contributed by atoms with Gasteiger partial charge in [-0.05, 0) is 24.6 Å². The Bertz CT molecular complexity index is 777. The van der Waals surface area contributed by atoms with Gasteiger partial charge in [-0.25, -0.2) is 13.6 Å². The molecule has 0 aliphatic heterocycles. The first-order valence-corrected chi connectivity index (χ1v) is 7.16. The Morgan fingerprint density at radius 1 is 1.29 bits per heavy atom. The van der Waals surface area contributed by atoms with E-state index in [4.69, 9.17) is 6.42 Å². The van der Waals surface area contributed by atoms with Crippen molar-refractivity contribution in [1.82, 2.24) is 5.32 Å². The molecule has 0 saturated carbocycles. The molecule has 0 saturated heterocycles. The zero-order chi connectivity index (χ0) is 17.7. The standard InChI is InChI=1S/C18H16F2N2O2/c1-3-12-8-14(19)17(15(20)9-12)22-18(24)21-10-16(23)13-6-4-5-11(2)7-13/h1,4-9,16,23H,10H2,2H3,(H2,21,22,24). The molecule has 1 atom stereocenters. The van der Waals surface area contributed by atoms with Crippen molar-refractivity contribution >= 4 is 11.7 Å². The predicted octanol–water partition coefficient (Wildman–Crippen LogP) is 3.11. The maximum Gasteiger partial charge on any atom is 0.319 e. The Kier molecular flexibility index (Phi) is 5.51. The first kappa shape index (κ1) is 17.4. The zero-order valence-corrected chi connectivity index (χ0v) is 12.9. The monoisotopic (exact) mass is 330 g/mol. The number of benzene rings is 2. The number of halogens is 2. The summed E-state index contributed by atoms with van der Waals surface area (Å²) in [5, 5.41) is 14.5. The number of urea groups is 1. The molecule has 2 aromatic rings. The van der Waals surface area contributed by atoms with Crippen LogP contribution in [-0.4, -0.2) is 17.7 Å². The van der Waals surface area contributed by atoms with Crippen molar-refractivity contribution in [2.45, 2.75) is 13.0 Å². The lowest BCUT2D eigenvalue weighted by atomic mass is 10.1. The number of hydrogen-bond acceptors (Lipinski definition) is 2. The second kappa shape index (κ2) is 7.57. The van der Waals surface area contributed by atoms with Crippen LogP contribution in [0.25, 0.3) is 0 Å². The summed E-state index contributed by atoms with van der Waals surface area (Å²) < 4.78 is 27.5. The molecular weight excluding hydrogens is 314 g/mol. The van der Waals surface area contributed by atoms with E-state index in [9.17, 15) is 18.7 Å². The molecule has 0 fully saturated rings. The first-order chi connectivity index (χ1) is 11.4. The number of carbonyl (C=O) groups is 1. The zero-order valence-electron chi connectivity index (χ0n) is 12.9. The van der Waals surface area contributed by atoms with Gasteiger partial charge in [0.25, 0.3) is 0 Å². The Balaban J connectivity index is 1.98. The van der Waals surface area contributed by atoms with E-state index in [2.05, 4.69) is 16.6 Å². The molecule has 4 nitrogen and oxygen atoms in total. The summed E-state index contributed by atoms with van der Waals surface area (Å²) in [7, 11) is 0. The van der Waals surface area contributed by atoms with E-state index in [0.29, 0.717) is 5.56 Å². The molecule has 2 rings (SSSR count). The molecular formula is C18H16F2N2O2. The predicted molar refractivity (Wildman–Crippen MR) is 87.5 cm³/mol. The number of terminal acetylenes is 1. The summed E-state index contributed by atoms with van der Waals surface area (Å²) in [4.78, 5) is 11.8. The first-order valence-electron chi connectivity index (χ1n) is 7.16. The molecule has 124 valence electrons. The molecule has 2 aromatic carbocycles. The van der Waals surface area contributed by atoms with E-state index in [1.165, 1.54) is 0 Å². The van der Waals surface area contributed by atoms with Crippen molar-refractivity contribution in [3.8, 4) is 12.3 Å².